The van der Waals surface area contributed by atoms with Crippen LogP contribution in [0.4, 0.5) is 0 Å². The van der Waals surface area contributed by atoms with Crippen molar-refractivity contribution in [3.05, 3.63) is 12.5 Å². The van der Waals surface area contributed by atoms with Crippen molar-refractivity contribution in [2.75, 3.05) is 18.1 Å². The molecule has 9 heteroatoms. The molecule has 0 bridgehead atoms. The number of hydrogen-bond donors (Lipinski definition) is 0. The van der Waals surface area contributed by atoms with Gasteiger partial charge < -0.3 is 4.57 Å². The minimum absolute atomic E-state index is 0.0406. The summed E-state index contributed by atoms with van der Waals surface area (Å²) in [5.74, 6) is -0.0567. The fraction of sp³-hybridized carbons (Fsp3) is 0.700. The number of sulfonamides is 1. The van der Waals surface area contributed by atoms with Crippen LogP contribution >= 0.6 is 0 Å². The predicted octanol–water partition coefficient (Wildman–Crippen LogP) is -0.382. The maximum absolute atomic E-state index is 12.4. The molecule has 1 aromatic heterocycles. The van der Waals surface area contributed by atoms with E-state index >= 15 is 0 Å². The molecule has 1 atom stereocenters. The average Bonchev–Trinajstić information content (AvgIpc) is 2.86. The lowest BCUT2D eigenvalue weighted by Crippen LogP contribution is -2.41. The Labute approximate surface area is 113 Å². The van der Waals surface area contributed by atoms with Crippen LogP contribution in [0.15, 0.2) is 17.6 Å². The van der Waals surface area contributed by atoms with Crippen molar-refractivity contribution in [1.29, 1.82) is 0 Å². The number of hydrogen-bond acceptors (Lipinski definition) is 5. The Morgan fingerprint density at radius 3 is 2.63 bits per heavy atom. The maximum Gasteiger partial charge on any atom is 0.262 e. The van der Waals surface area contributed by atoms with Crippen LogP contribution in [0.3, 0.4) is 0 Å². The molecule has 0 amide bonds. The van der Waals surface area contributed by atoms with E-state index in [4.69, 9.17) is 0 Å². The van der Waals surface area contributed by atoms with Crippen molar-refractivity contribution in [2.45, 2.75) is 24.4 Å². The van der Waals surface area contributed by atoms with E-state index in [9.17, 15) is 16.8 Å². The van der Waals surface area contributed by atoms with Crippen LogP contribution in [0.2, 0.25) is 0 Å². The van der Waals surface area contributed by atoms with Crippen LogP contribution in [0, 0.1) is 0 Å². The van der Waals surface area contributed by atoms with Gasteiger partial charge in [0.1, 0.15) is 0 Å². The normalized spacial score (nSPS) is 23.0. The fourth-order valence-electron chi connectivity index (χ4n) is 2.27. The number of rotatable bonds is 4. The average molecular weight is 307 g/mol. The Hall–Kier alpha value is -0.930. The molecule has 0 aromatic carbocycles. The Balaban J connectivity index is 2.32. The molecule has 2 rings (SSSR count). The number of sulfone groups is 1. The van der Waals surface area contributed by atoms with E-state index in [0.29, 0.717) is 6.42 Å². The Bertz CT molecular complexity index is 663. The zero-order valence-electron chi connectivity index (χ0n) is 10.9. The maximum atomic E-state index is 12.4. The number of nitrogens with zero attached hydrogens (tertiary/aromatic N) is 3. The number of aryl methyl sites for hydroxylation is 1. The summed E-state index contributed by atoms with van der Waals surface area (Å²) in [6.45, 7) is 1.94. The number of imidazole rings is 1. The van der Waals surface area contributed by atoms with Gasteiger partial charge in [0.05, 0.1) is 17.8 Å². The van der Waals surface area contributed by atoms with Gasteiger partial charge in [-0.05, 0) is 6.42 Å². The van der Waals surface area contributed by atoms with Crippen LogP contribution in [-0.2, 0) is 26.9 Å². The zero-order valence-corrected chi connectivity index (χ0v) is 12.5. The second-order valence-electron chi connectivity index (χ2n) is 4.64. The lowest BCUT2D eigenvalue weighted by Gasteiger charge is -2.24. The van der Waals surface area contributed by atoms with Crippen LogP contribution < -0.4 is 0 Å². The standard InChI is InChI=1S/C10H17N3O4S2/c1-3-13(9-4-5-18(14,15)7-9)19(16,17)10-6-12(2)8-11-10/h6,8-9H,3-5,7H2,1-2H3. The lowest BCUT2D eigenvalue weighted by molar-refractivity contribution is 0.353. The van der Waals surface area contributed by atoms with Gasteiger partial charge in [-0.3, -0.25) is 0 Å². The van der Waals surface area contributed by atoms with Crippen molar-refractivity contribution in [1.82, 2.24) is 13.9 Å². The van der Waals surface area contributed by atoms with Crippen LogP contribution in [0.25, 0.3) is 0 Å². The topological polar surface area (TPSA) is 89.3 Å². The van der Waals surface area contributed by atoms with Crippen molar-refractivity contribution in [3.8, 4) is 0 Å². The third kappa shape index (κ3) is 2.82. The summed E-state index contributed by atoms with van der Waals surface area (Å²) >= 11 is 0. The van der Waals surface area contributed by atoms with Crippen molar-refractivity contribution >= 4 is 19.9 Å². The summed E-state index contributed by atoms with van der Waals surface area (Å²) in [6, 6.07) is -0.484. The molecule has 0 aliphatic carbocycles. The van der Waals surface area contributed by atoms with Gasteiger partial charge in [-0.25, -0.2) is 21.8 Å². The highest BCUT2D eigenvalue weighted by molar-refractivity contribution is 7.92. The van der Waals surface area contributed by atoms with Crippen molar-refractivity contribution in [3.63, 3.8) is 0 Å². The summed E-state index contributed by atoms with van der Waals surface area (Å²) < 4.78 is 50.6. The van der Waals surface area contributed by atoms with Crippen molar-refractivity contribution < 1.29 is 16.8 Å². The largest absolute Gasteiger partial charge is 0.339 e. The minimum Gasteiger partial charge on any atom is -0.339 e. The molecule has 0 radical (unpaired) electrons. The van der Waals surface area contributed by atoms with E-state index in [1.165, 1.54) is 16.8 Å². The summed E-state index contributed by atoms with van der Waals surface area (Å²) in [7, 11) is -5.16. The van der Waals surface area contributed by atoms with Gasteiger partial charge in [0.2, 0.25) is 0 Å². The van der Waals surface area contributed by atoms with Crippen LogP contribution in [-0.4, -0.2) is 54.8 Å². The lowest BCUT2D eigenvalue weighted by atomic mass is 10.3. The first-order valence-electron chi connectivity index (χ1n) is 5.96. The summed E-state index contributed by atoms with van der Waals surface area (Å²) in [5.41, 5.74) is 0. The molecule has 1 fully saturated rings. The fourth-order valence-corrected chi connectivity index (χ4v) is 5.73. The SMILES string of the molecule is CCN(C1CCS(=O)(=O)C1)S(=O)(=O)c1cn(C)cn1. The molecule has 2 heterocycles. The Kier molecular flexibility index (Phi) is 3.72. The second-order valence-corrected chi connectivity index (χ2v) is 8.71. The first-order chi connectivity index (χ1) is 8.76. The Morgan fingerprint density at radius 1 is 1.53 bits per heavy atom. The monoisotopic (exact) mass is 307 g/mol. The van der Waals surface area contributed by atoms with Gasteiger partial charge in [-0.1, -0.05) is 6.92 Å². The van der Waals surface area contributed by atoms with E-state index < -0.39 is 25.9 Å². The zero-order chi connectivity index (χ0) is 14.3. The first-order valence-corrected chi connectivity index (χ1v) is 9.22. The molecule has 0 spiro atoms. The highest BCUT2D eigenvalue weighted by Gasteiger charge is 2.38. The van der Waals surface area contributed by atoms with Crippen LogP contribution in [0.1, 0.15) is 13.3 Å². The molecule has 7 nitrogen and oxygen atoms in total. The molecule has 1 saturated heterocycles. The van der Waals surface area contributed by atoms with E-state index in [0.717, 1.165) is 0 Å². The second kappa shape index (κ2) is 4.88. The smallest absolute Gasteiger partial charge is 0.262 e. The minimum atomic E-state index is -3.73. The number of aromatic nitrogens is 2. The summed E-state index contributed by atoms with van der Waals surface area (Å²) in [4.78, 5) is 3.85. The van der Waals surface area contributed by atoms with Crippen molar-refractivity contribution in [2.24, 2.45) is 7.05 Å². The highest BCUT2D eigenvalue weighted by Crippen LogP contribution is 2.23. The molecule has 1 aromatic rings. The molecule has 1 aliphatic heterocycles. The summed E-state index contributed by atoms with van der Waals surface area (Å²) in [5, 5.41) is -0.0406. The quantitative estimate of drug-likeness (QED) is 0.756. The van der Waals surface area contributed by atoms with E-state index in [-0.39, 0.29) is 23.1 Å². The van der Waals surface area contributed by atoms with E-state index in [2.05, 4.69) is 4.98 Å². The third-order valence-electron chi connectivity index (χ3n) is 3.18. The van der Waals surface area contributed by atoms with Gasteiger partial charge in [0.25, 0.3) is 10.0 Å². The Morgan fingerprint density at radius 2 is 2.21 bits per heavy atom. The molecule has 19 heavy (non-hydrogen) atoms. The molecule has 108 valence electrons. The van der Waals surface area contributed by atoms with Gasteiger partial charge in [-0.15, -0.1) is 0 Å². The van der Waals surface area contributed by atoms with E-state index in [1.807, 2.05) is 0 Å². The van der Waals surface area contributed by atoms with Gasteiger partial charge in [0, 0.05) is 25.8 Å². The van der Waals surface area contributed by atoms with Gasteiger partial charge in [-0.2, -0.15) is 4.31 Å². The van der Waals surface area contributed by atoms with Gasteiger partial charge in [0.15, 0.2) is 14.9 Å². The molecule has 0 N–H and O–H groups in total. The molecule has 0 saturated carbocycles. The molecular weight excluding hydrogens is 290 g/mol. The van der Waals surface area contributed by atoms with Gasteiger partial charge >= 0.3 is 0 Å². The highest BCUT2D eigenvalue weighted by atomic mass is 32.2. The molecule has 1 unspecified atom stereocenters. The third-order valence-corrected chi connectivity index (χ3v) is 6.85. The van der Waals surface area contributed by atoms with Crippen LogP contribution in [0.5, 0.6) is 0 Å². The van der Waals surface area contributed by atoms with E-state index in [1.54, 1.807) is 18.5 Å². The first kappa shape index (κ1) is 14.5. The molecule has 1 aliphatic rings. The summed E-state index contributed by atoms with van der Waals surface area (Å²) in [6.07, 6.45) is 3.18. The predicted molar refractivity (Wildman–Crippen MR) is 69.8 cm³/mol. The molecular formula is C10H17N3O4S2.